The first-order valence-electron chi connectivity index (χ1n) is 33.9. The number of nitrogens with one attached hydrogen (secondary N) is 1. The van der Waals surface area contributed by atoms with Gasteiger partial charge in [0.2, 0.25) is 5.91 Å². The molecule has 93 heavy (non-hydrogen) atoms. The summed E-state index contributed by atoms with van der Waals surface area (Å²) in [7, 11) is 0. The molecule has 17 unspecified atom stereocenters. The van der Waals surface area contributed by atoms with Gasteiger partial charge in [-0.2, -0.15) is 0 Å². The van der Waals surface area contributed by atoms with Crippen molar-refractivity contribution in [3.8, 4) is 0 Å². The first-order valence-corrected chi connectivity index (χ1v) is 33.9. The lowest BCUT2D eigenvalue weighted by atomic mass is 9.96. The number of unbranched alkanes of at least 4 members (excludes halogenated alkanes) is 6. The number of aliphatic hydroxyl groups is 11. The average Bonchev–Trinajstić information content (AvgIpc) is 0.805. The smallest absolute Gasteiger partial charge is 0.220 e. The van der Waals surface area contributed by atoms with Crippen molar-refractivity contribution in [3.05, 3.63) is 170 Å². The molecule has 19 heteroatoms. The van der Waals surface area contributed by atoms with Gasteiger partial charge >= 0.3 is 0 Å². The number of hydrogen-bond acceptors (Lipinski definition) is 18. The van der Waals surface area contributed by atoms with Crippen molar-refractivity contribution in [1.29, 1.82) is 0 Å². The third-order valence-electron chi connectivity index (χ3n) is 15.5. The minimum Gasteiger partial charge on any atom is -0.394 e. The molecule has 3 fully saturated rings. The highest BCUT2D eigenvalue weighted by molar-refractivity contribution is 5.76. The van der Waals surface area contributed by atoms with Gasteiger partial charge in [-0.05, 0) is 122 Å². The van der Waals surface area contributed by atoms with Crippen LogP contribution in [-0.4, -0.2) is 193 Å². The fraction of sp³-hybridized carbons (Fsp3) is 0.608. The minimum atomic E-state index is -1.99. The monoisotopic (exact) mass is 1310 g/mol. The third kappa shape index (κ3) is 35.1. The van der Waals surface area contributed by atoms with E-state index in [-0.39, 0.29) is 12.3 Å². The highest BCUT2D eigenvalue weighted by Crippen LogP contribution is 2.33. The highest BCUT2D eigenvalue weighted by atomic mass is 16.8. The molecule has 524 valence electrons. The molecule has 0 aromatic heterocycles. The Hall–Kier alpha value is -4.85. The van der Waals surface area contributed by atoms with Gasteiger partial charge in [-0.3, -0.25) is 4.79 Å². The first-order chi connectivity index (χ1) is 45.3. The Bertz CT molecular complexity index is 2350. The fourth-order valence-electron chi connectivity index (χ4n) is 10.00. The molecular weight excluding hydrogens is 1190 g/mol. The molecule has 0 saturated carbocycles. The van der Waals surface area contributed by atoms with Crippen molar-refractivity contribution < 1.29 is 89.4 Å². The van der Waals surface area contributed by atoms with Gasteiger partial charge in [0.25, 0.3) is 0 Å². The molecule has 19 nitrogen and oxygen atoms in total. The Balaban J connectivity index is 1.38. The van der Waals surface area contributed by atoms with Crippen LogP contribution in [-0.2, 0) is 33.2 Å². The maximum atomic E-state index is 13.3. The van der Waals surface area contributed by atoms with Crippen LogP contribution >= 0.6 is 0 Å². The molecule has 3 saturated heterocycles. The average molecular weight is 1310 g/mol. The Morgan fingerprint density at radius 1 is 0.398 bits per heavy atom. The van der Waals surface area contributed by atoms with E-state index in [0.717, 1.165) is 122 Å². The molecule has 12 N–H and O–H groups in total. The van der Waals surface area contributed by atoms with Crippen molar-refractivity contribution >= 4 is 5.91 Å². The zero-order chi connectivity index (χ0) is 67.5. The van der Waals surface area contributed by atoms with Crippen molar-refractivity contribution in [3.63, 3.8) is 0 Å². The van der Waals surface area contributed by atoms with Gasteiger partial charge in [0, 0.05) is 6.42 Å². The third-order valence-corrected chi connectivity index (χ3v) is 15.5. The minimum absolute atomic E-state index is 0.179. The second-order valence-corrected chi connectivity index (χ2v) is 23.2. The van der Waals surface area contributed by atoms with Gasteiger partial charge in [0.05, 0.1) is 38.6 Å². The number of aliphatic hydroxyl groups excluding tert-OH is 11. The summed E-state index contributed by atoms with van der Waals surface area (Å²) in [6.07, 6.45) is 52.2. The second-order valence-electron chi connectivity index (χ2n) is 23.2. The Labute approximate surface area is 554 Å². The predicted octanol–water partition coefficient (Wildman–Crippen LogP) is 8.71. The van der Waals surface area contributed by atoms with E-state index in [2.05, 4.69) is 177 Å². The van der Waals surface area contributed by atoms with Crippen LogP contribution in [0.1, 0.15) is 155 Å². The molecule has 3 aliphatic heterocycles. The summed E-state index contributed by atoms with van der Waals surface area (Å²) in [5, 5.41) is 120. The molecule has 3 aliphatic rings. The summed E-state index contributed by atoms with van der Waals surface area (Å²) in [6, 6.07) is -1.03. The molecule has 3 rings (SSSR count). The number of carbonyl (C=O) groups is 1. The Morgan fingerprint density at radius 2 is 0.753 bits per heavy atom. The van der Waals surface area contributed by atoms with Crippen LogP contribution in [0, 0.1) is 0 Å². The van der Waals surface area contributed by atoms with Crippen LogP contribution in [0.4, 0.5) is 0 Å². The summed E-state index contributed by atoms with van der Waals surface area (Å²) in [6.45, 7) is 1.43. The number of amides is 1. The van der Waals surface area contributed by atoms with E-state index in [9.17, 15) is 61.0 Å². The molecule has 17 atom stereocenters. The van der Waals surface area contributed by atoms with Gasteiger partial charge in [-0.1, -0.05) is 197 Å². The van der Waals surface area contributed by atoms with Crippen molar-refractivity contribution in [2.24, 2.45) is 0 Å². The first kappa shape index (κ1) is 82.4. The van der Waals surface area contributed by atoms with Gasteiger partial charge in [-0.15, -0.1) is 0 Å². The van der Waals surface area contributed by atoms with E-state index in [1.54, 1.807) is 12.2 Å². The second kappa shape index (κ2) is 53.3. The lowest BCUT2D eigenvalue weighted by Gasteiger charge is -2.48. The molecular formula is C74H115NO18. The summed E-state index contributed by atoms with van der Waals surface area (Å²) in [5.41, 5.74) is 0. The molecule has 0 aliphatic carbocycles. The Morgan fingerprint density at radius 3 is 1.17 bits per heavy atom. The zero-order valence-corrected chi connectivity index (χ0v) is 55.1. The summed E-state index contributed by atoms with van der Waals surface area (Å²) < 4.78 is 34.2. The lowest BCUT2D eigenvalue weighted by molar-refractivity contribution is -0.379. The van der Waals surface area contributed by atoms with E-state index >= 15 is 0 Å². The van der Waals surface area contributed by atoms with Gasteiger partial charge in [-0.25, -0.2) is 0 Å². The number of rotatable bonds is 48. The largest absolute Gasteiger partial charge is 0.394 e. The maximum Gasteiger partial charge on any atom is 0.220 e. The predicted molar refractivity (Wildman–Crippen MR) is 364 cm³/mol. The molecule has 3 heterocycles. The summed E-state index contributed by atoms with van der Waals surface area (Å²) in [4.78, 5) is 13.3. The standard InChI is InChI=1S/C74H115NO18/c1-3-5-7-9-11-13-15-16-17-18-19-20-21-22-23-24-25-26-27-28-29-30-31-32-33-34-35-36-37-38-39-40-42-44-46-48-50-52-62(80)75-57(58(79)51-49-47-45-43-41-14-12-10-8-6-4-2)56-88-72-68(86)65(83)70(60(54-77)90-72)93-74-69(87)66(84)71(61(55-78)91-74)92-73-67(85)64(82)63(81)59(53-76)89-73/h5,7-8,10-11,13,16-17,19-20,22-23,25-26,28-29,31-32,34-35,37-38,40-43,49,51,57-61,63-74,76-79,81-87H,3-4,6,9,12,14-15,18,21,24,27,30,33,36,39,44-48,50,52-56H2,1-2H3,(H,75,80)/b7-5-,10-8+,13-11-,17-16-,20-19-,23-22-,26-25-,29-28-,32-31-,35-34-,38-37-,42-40-,43-41+,51-49+. The SMILES string of the molecule is CC/C=C\C/C=C\C/C=C\C/C=C\C/C=C\C/C=C\C/C=C\C/C=C\C/C=C\C/C=C\C/C=C\CCCCCC(=O)NC(COC1OC(CO)C(OC2OC(CO)C(OC3OC(CO)C(O)C(O)C3O)C(O)C2O)C(O)C1O)C(O)/C=C/CC/C=C/CC/C=C/CCC. The lowest BCUT2D eigenvalue weighted by Crippen LogP contribution is -2.66. The number of carbonyl (C=O) groups excluding carboxylic acids is 1. The number of hydrogen-bond donors (Lipinski definition) is 12. The van der Waals surface area contributed by atoms with E-state index in [4.69, 9.17) is 28.4 Å². The van der Waals surface area contributed by atoms with E-state index in [0.29, 0.717) is 12.8 Å². The van der Waals surface area contributed by atoms with Crippen LogP contribution < -0.4 is 5.32 Å². The van der Waals surface area contributed by atoms with Crippen LogP contribution in [0.2, 0.25) is 0 Å². The van der Waals surface area contributed by atoms with Crippen LogP contribution in [0.15, 0.2) is 170 Å². The molecule has 0 aromatic carbocycles. The summed E-state index contributed by atoms with van der Waals surface area (Å²) >= 11 is 0. The van der Waals surface area contributed by atoms with Crippen molar-refractivity contribution in [1.82, 2.24) is 5.32 Å². The van der Waals surface area contributed by atoms with Gasteiger partial charge in [0.1, 0.15) is 73.2 Å². The molecule has 0 spiro atoms. The van der Waals surface area contributed by atoms with Crippen molar-refractivity contribution in [2.45, 2.75) is 259 Å². The topological polar surface area (TPSA) is 307 Å². The normalized spacial score (nSPS) is 28.6. The molecule has 1 amide bonds. The number of allylic oxidation sites excluding steroid dienone is 27. The zero-order valence-electron chi connectivity index (χ0n) is 55.1. The number of ether oxygens (including phenoxy) is 6. The quantitative estimate of drug-likeness (QED) is 0.0200. The highest BCUT2D eigenvalue weighted by Gasteiger charge is 2.53. The maximum absolute atomic E-state index is 13.3. The Kier molecular flexibility index (Phi) is 47.2. The van der Waals surface area contributed by atoms with Crippen molar-refractivity contribution in [2.75, 3.05) is 26.4 Å². The summed E-state index contributed by atoms with van der Waals surface area (Å²) in [5.74, 6) is -0.333. The van der Waals surface area contributed by atoms with Crippen LogP contribution in [0.25, 0.3) is 0 Å². The molecule has 0 radical (unpaired) electrons. The van der Waals surface area contributed by atoms with E-state index in [1.165, 1.54) is 0 Å². The molecule has 0 aromatic rings. The van der Waals surface area contributed by atoms with Crippen LogP contribution in [0.3, 0.4) is 0 Å². The van der Waals surface area contributed by atoms with E-state index in [1.807, 2.05) is 0 Å². The fourth-order valence-corrected chi connectivity index (χ4v) is 10.00. The van der Waals surface area contributed by atoms with Crippen LogP contribution in [0.5, 0.6) is 0 Å². The van der Waals surface area contributed by atoms with Gasteiger partial charge < -0.3 is 89.9 Å². The van der Waals surface area contributed by atoms with Gasteiger partial charge in [0.15, 0.2) is 18.9 Å². The van der Waals surface area contributed by atoms with E-state index < -0.39 is 131 Å². The molecule has 0 bridgehead atoms.